The molecular formula is C10H12N2O2. The second kappa shape index (κ2) is 3.29. The molecule has 4 nitrogen and oxygen atoms in total. The van der Waals surface area contributed by atoms with Crippen LogP contribution >= 0.6 is 0 Å². The molecule has 0 radical (unpaired) electrons. The van der Waals surface area contributed by atoms with Gasteiger partial charge >= 0.3 is 5.97 Å². The molecule has 14 heavy (non-hydrogen) atoms. The number of nitrogens with one attached hydrogen (secondary N) is 1. The fraction of sp³-hybridized carbons (Fsp3) is 0.400. The van der Waals surface area contributed by atoms with Gasteiger partial charge in [-0.05, 0) is 24.5 Å². The van der Waals surface area contributed by atoms with E-state index >= 15 is 0 Å². The lowest BCUT2D eigenvalue weighted by Gasteiger charge is -2.06. The minimum atomic E-state index is -0.936. The van der Waals surface area contributed by atoms with Gasteiger partial charge in [-0.1, -0.05) is 6.92 Å². The second-order valence-corrected chi connectivity index (χ2v) is 3.67. The minimum absolute atomic E-state index is 0.242. The molecule has 4 heteroatoms. The summed E-state index contributed by atoms with van der Waals surface area (Å²) in [6.07, 6.45) is 2.69. The first-order valence-electron chi connectivity index (χ1n) is 4.63. The zero-order valence-electron chi connectivity index (χ0n) is 7.90. The molecule has 0 aromatic carbocycles. The van der Waals surface area contributed by atoms with Crippen molar-refractivity contribution in [1.29, 1.82) is 0 Å². The van der Waals surface area contributed by atoms with Gasteiger partial charge in [0.15, 0.2) is 0 Å². The first-order valence-corrected chi connectivity index (χ1v) is 4.63. The Morgan fingerprint density at radius 3 is 3.00 bits per heavy atom. The molecule has 74 valence electrons. The van der Waals surface area contributed by atoms with Crippen molar-refractivity contribution in [2.75, 3.05) is 5.32 Å². The molecule has 0 amide bonds. The third-order valence-electron chi connectivity index (χ3n) is 2.47. The molecule has 1 aliphatic carbocycles. The van der Waals surface area contributed by atoms with E-state index in [0.29, 0.717) is 17.8 Å². The number of anilines is 1. The Labute approximate surface area is 82.0 Å². The van der Waals surface area contributed by atoms with E-state index in [9.17, 15) is 4.79 Å². The highest BCUT2D eigenvalue weighted by Gasteiger charge is 2.33. The summed E-state index contributed by atoms with van der Waals surface area (Å²) in [7, 11) is 0. The summed E-state index contributed by atoms with van der Waals surface area (Å²) in [5.74, 6) is 0.168. The molecule has 2 rings (SSSR count). The quantitative estimate of drug-likeness (QED) is 0.763. The van der Waals surface area contributed by atoms with Crippen LogP contribution in [0.3, 0.4) is 0 Å². The van der Waals surface area contributed by atoms with Crippen molar-refractivity contribution in [3.63, 3.8) is 0 Å². The summed E-state index contributed by atoms with van der Waals surface area (Å²) >= 11 is 0. The molecule has 0 aliphatic heterocycles. The number of aromatic carboxylic acids is 1. The number of pyridine rings is 1. The minimum Gasteiger partial charge on any atom is -0.478 e. The molecule has 2 N–H and O–H groups in total. The van der Waals surface area contributed by atoms with Crippen LogP contribution in [0.25, 0.3) is 0 Å². The summed E-state index contributed by atoms with van der Waals surface area (Å²) < 4.78 is 0. The number of nitrogens with zero attached hydrogens (tertiary/aromatic N) is 1. The van der Waals surface area contributed by atoms with Gasteiger partial charge in [0.25, 0.3) is 0 Å². The van der Waals surface area contributed by atoms with Crippen LogP contribution in [0, 0.1) is 5.92 Å². The zero-order valence-corrected chi connectivity index (χ0v) is 7.90. The van der Waals surface area contributed by atoms with Gasteiger partial charge in [0.2, 0.25) is 0 Å². The van der Waals surface area contributed by atoms with Gasteiger partial charge < -0.3 is 10.4 Å². The maximum absolute atomic E-state index is 10.8. The molecule has 2 atom stereocenters. The third-order valence-corrected chi connectivity index (χ3v) is 2.47. The fourth-order valence-corrected chi connectivity index (χ4v) is 1.39. The van der Waals surface area contributed by atoms with Crippen molar-refractivity contribution in [2.45, 2.75) is 19.4 Å². The van der Waals surface area contributed by atoms with E-state index < -0.39 is 5.97 Å². The molecule has 0 bridgehead atoms. The van der Waals surface area contributed by atoms with Crippen molar-refractivity contribution >= 4 is 11.8 Å². The molecule has 1 aromatic heterocycles. The lowest BCUT2D eigenvalue weighted by Crippen LogP contribution is -2.10. The van der Waals surface area contributed by atoms with E-state index in [1.54, 1.807) is 18.3 Å². The molecular weight excluding hydrogens is 180 g/mol. The number of aromatic nitrogens is 1. The first-order chi connectivity index (χ1) is 6.68. The van der Waals surface area contributed by atoms with E-state index in [0.717, 1.165) is 6.42 Å². The number of carboxylic acid groups (broad SMARTS) is 1. The lowest BCUT2D eigenvalue weighted by molar-refractivity contribution is 0.0697. The highest BCUT2D eigenvalue weighted by atomic mass is 16.4. The summed E-state index contributed by atoms with van der Waals surface area (Å²) in [6.45, 7) is 2.13. The van der Waals surface area contributed by atoms with E-state index in [4.69, 9.17) is 5.11 Å². The SMILES string of the molecule is CC1CC1Nc1ncccc1C(=O)O. The summed E-state index contributed by atoms with van der Waals surface area (Å²) in [4.78, 5) is 14.8. The smallest absolute Gasteiger partial charge is 0.339 e. The summed E-state index contributed by atoms with van der Waals surface area (Å²) in [5.41, 5.74) is 0.242. The molecule has 2 unspecified atom stereocenters. The average molecular weight is 192 g/mol. The highest BCUT2D eigenvalue weighted by molar-refractivity contribution is 5.93. The van der Waals surface area contributed by atoms with Gasteiger partial charge in [-0.15, -0.1) is 0 Å². The van der Waals surface area contributed by atoms with Crippen LogP contribution in [-0.4, -0.2) is 22.1 Å². The predicted molar refractivity (Wildman–Crippen MR) is 52.4 cm³/mol. The topological polar surface area (TPSA) is 62.2 Å². The molecule has 1 heterocycles. The Morgan fingerprint density at radius 1 is 1.71 bits per heavy atom. The van der Waals surface area contributed by atoms with Crippen molar-refractivity contribution in [1.82, 2.24) is 4.98 Å². The number of hydrogen-bond donors (Lipinski definition) is 2. The van der Waals surface area contributed by atoms with E-state index in [2.05, 4.69) is 17.2 Å². The van der Waals surface area contributed by atoms with Gasteiger partial charge in [-0.3, -0.25) is 0 Å². The molecule has 0 spiro atoms. The molecule has 1 aliphatic rings. The van der Waals surface area contributed by atoms with Crippen LogP contribution in [0.4, 0.5) is 5.82 Å². The normalized spacial score (nSPS) is 24.4. The summed E-state index contributed by atoms with van der Waals surface area (Å²) in [5, 5.41) is 12.0. The molecule has 0 saturated heterocycles. The number of hydrogen-bond acceptors (Lipinski definition) is 3. The van der Waals surface area contributed by atoms with Crippen LogP contribution < -0.4 is 5.32 Å². The third kappa shape index (κ3) is 1.69. The molecule has 1 fully saturated rings. The highest BCUT2D eigenvalue weighted by Crippen LogP contribution is 2.32. The van der Waals surface area contributed by atoms with Crippen LogP contribution in [0.2, 0.25) is 0 Å². The largest absolute Gasteiger partial charge is 0.478 e. The van der Waals surface area contributed by atoms with Gasteiger partial charge in [0.05, 0.1) is 0 Å². The number of carboxylic acids is 1. The summed E-state index contributed by atoms with van der Waals surface area (Å²) in [6, 6.07) is 3.58. The molecule has 1 saturated carbocycles. The average Bonchev–Trinajstić information content (AvgIpc) is 2.82. The fourth-order valence-electron chi connectivity index (χ4n) is 1.39. The van der Waals surface area contributed by atoms with Crippen LogP contribution in [0.5, 0.6) is 0 Å². The first kappa shape index (κ1) is 8.99. The second-order valence-electron chi connectivity index (χ2n) is 3.67. The van der Waals surface area contributed by atoms with Crippen molar-refractivity contribution < 1.29 is 9.90 Å². The lowest BCUT2D eigenvalue weighted by atomic mass is 10.2. The van der Waals surface area contributed by atoms with Gasteiger partial charge in [0, 0.05) is 12.2 Å². The number of rotatable bonds is 3. The van der Waals surface area contributed by atoms with Crippen LogP contribution in [-0.2, 0) is 0 Å². The number of carbonyl (C=O) groups is 1. The standard InChI is InChI=1S/C10H12N2O2/c1-6-5-8(6)12-9-7(10(13)14)3-2-4-11-9/h2-4,6,8H,5H2,1H3,(H,11,12)(H,13,14). The van der Waals surface area contributed by atoms with Gasteiger partial charge in [-0.2, -0.15) is 0 Å². The predicted octanol–water partition coefficient (Wildman–Crippen LogP) is 1.60. The van der Waals surface area contributed by atoms with Crippen molar-refractivity contribution in [3.05, 3.63) is 23.9 Å². The Balaban J connectivity index is 2.19. The zero-order chi connectivity index (χ0) is 10.1. The Morgan fingerprint density at radius 2 is 2.43 bits per heavy atom. The van der Waals surface area contributed by atoms with E-state index in [1.807, 2.05) is 0 Å². The maximum Gasteiger partial charge on any atom is 0.339 e. The van der Waals surface area contributed by atoms with Crippen molar-refractivity contribution in [3.8, 4) is 0 Å². The maximum atomic E-state index is 10.8. The Hall–Kier alpha value is -1.58. The van der Waals surface area contributed by atoms with Gasteiger partial charge in [-0.25, -0.2) is 9.78 Å². The Kier molecular flexibility index (Phi) is 2.11. The van der Waals surface area contributed by atoms with Crippen LogP contribution in [0.1, 0.15) is 23.7 Å². The van der Waals surface area contributed by atoms with Crippen molar-refractivity contribution in [2.24, 2.45) is 5.92 Å². The van der Waals surface area contributed by atoms with Crippen LogP contribution in [0.15, 0.2) is 18.3 Å². The Bertz CT molecular complexity index is 365. The monoisotopic (exact) mass is 192 g/mol. The van der Waals surface area contributed by atoms with E-state index in [1.165, 1.54) is 0 Å². The molecule has 1 aromatic rings. The van der Waals surface area contributed by atoms with Gasteiger partial charge in [0.1, 0.15) is 11.4 Å². The van der Waals surface area contributed by atoms with E-state index in [-0.39, 0.29) is 5.56 Å².